The Morgan fingerprint density at radius 3 is 2.79 bits per heavy atom. The molecule has 1 N–H and O–H groups in total. The Kier molecular flexibility index (Phi) is 3.87. The summed E-state index contributed by atoms with van der Waals surface area (Å²) in [5, 5.41) is 9.14. The second-order valence-electron chi connectivity index (χ2n) is 5.21. The Hall–Kier alpha value is -1.85. The van der Waals surface area contributed by atoms with Crippen molar-refractivity contribution in [2.24, 2.45) is 11.8 Å². The van der Waals surface area contributed by atoms with Crippen LogP contribution in [-0.4, -0.2) is 40.2 Å². The molecule has 104 valence electrons. The van der Waals surface area contributed by atoms with Gasteiger partial charge in [0, 0.05) is 19.2 Å². The number of aliphatic carboxylic acids is 1. The molecule has 2 heterocycles. The standard InChI is InChI=1S/C13H19N3O3/c1-8(2)19-12-4-11(14-7-15-12)16-5-9(3)10(6-16)13(17)18/h4,7-10H,5-6H2,1-3H3,(H,17,18)/t9-,10-/m1/s1. The maximum absolute atomic E-state index is 11.1. The highest BCUT2D eigenvalue weighted by Gasteiger charge is 2.35. The molecular formula is C13H19N3O3. The predicted octanol–water partition coefficient (Wildman–Crippen LogP) is 1.42. The van der Waals surface area contributed by atoms with Crippen molar-refractivity contribution in [1.82, 2.24) is 9.97 Å². The van der Waals surface area contributed by atoms with Crippen molar-refractivity contribution in [2.75, 3.05) is 18.0 Å². The van der Waals surface area contributed by atoms with Gasteiger partial charge in [0.1, 0.15) is 12.1 Å². The molecule has 2 rings (SSSR count). The summed E-state index contributed by atoms with van der Waals surface area (Å²) in [5.74, 6) is 0.266. The van der Waals surface area contributed by atoms with E-state index >= 15 is 0 Å². The molecule has 6 nitrogen and oxygen atoms in total. The molecule has 1 aliphatic heterocycles. The molecule has 1 aliphatic rings. The van der Waals surface area contributed by atoms with E-state index in [0.29, 0.717) is 19.0 Å². The van der Waals surface area contributed by atoms with Crippen molar-refractivity contribution in [3.05, 3.63) is 12.4 Å². The van der Waals surface area contributed by atoms with Crippen LogP contribution in [0.3, 0.4) is 0 Å². The topological polar surface area (TPSA) is 75.5 Å². The van der Waals surface area contributed by atoms with Gasteiger partial charge in [0.05, 0.1) is 12.0 Å². The minimum Gasteiger partial charge on any atom is -0.481 e. The van der Waals surface area contributed by atoms with Gasteiger partial charge < -0.3 is 14.7 Å². The van der Waals surface area contributed by atoms with Gasteiger partial charge in [0.15, 0.2) is 0 Å². The summed E-state index contributed by atoms with van der Waals surface area (Å²) in [4.78, 5) is 21.3. The highest BCUT2D eigenvalue weighted by atomic mass is 16.5. The van der Waals surface area contributed by atoms with E-state index in [2.05, 4.69) is 9.97 Å². The lowest BCUT2D eigenvalue weighted by Crippen LogP contribution is -2.23. The van der Waals surface area contributed by atoms with Crippen LogP contribution in [0.25, 0.3) is 0 Å². The molecule has 0 spiro atoms. The summed E-state index contributed by atoms with van der Waals surface area (Å²) in [6.45, 7) is 6.98. The molecule has 1 aromatic heterocycles. The number of hydrogen-bond donors (Lipinski definition) is 1. The predicted molar refractivity (Wildman–Crippen MR) is 70.3 cm³/mol. The first-order valence-corrected chi connectivity index (χ1v) is 6.44. The van der Waals surface area contributed by atoms with Gasteiger partial charge in [0.2, 0.25) is 5.88 Å². The number of carboxylic acid groups (broad SMARTS) is 1. The van der Waals surface area contributed by atoms with Crippen molar-refractivity contribution in [3.63, 3.8) is 0 Å². The monoisotopic (exact) mass is 265 g/mol. The van der Waals surface area contributed by atoms with Crippen LogP contribution in [0.15, 0.2) is 12.4 Å². The van der Waals surface area contributed by atoms with Gasteiger partial charge in [-0.3, -0.25) is 4.79 Å². The molecule has 0 unspecified atom stereocenters. The van der Waals surface area contributed by atoms with Crippen LogP contribution in [0.2, 0.25) is 0 Å². The van der Waals surface area contributed by atoms with Crippen molar-refractivity contribution < 1.29 is 14.6 Å². The third-order valence-corrected chi connectivity index (χ3v) is 3.24. The number of hydrogen-bond acceptors (Lipinski definition) is 5. The Morgan fingerprint density at radius 1 is 1.47 bits per heavy atom. The fraction of sp³-hybridized carbons (Fsp3) is 0.615. The summed E-state index contributed by atoms with van der Waals surface area (Å²) in [6.07, 6.45) is 1.50. The second-order valence-corrected chi connectivity index (χ2v) is 5.21. The van der Waals surface area contributed by atoms with Crippen molar-refractivity contribution >= 4 is 11.8 Å². The minimum absolute atomic E-state index is 0.0482. The molecule has 19 heavy (non-hydrogen) atoms. The van der Waals surface area contributed by atoms with E-state index in [0.717, 1.165) is 5.82 Å². The maximum Gasteiger partial charge on any atom is 0.308 e. The van der Waals surface area contributed by atoms with Crippen LogP contribution in [0.4, 0.5) is 5.82 Å². The third-order valence-electron chi connectivity index (χ3n) is 3.24. The number of rotatable bonds is 4. The zero-order chi connectivity index (χ0) is 14.0. The lowest BCUT2D eigenvalue weighted by molar-refractivity contribution is -0.142. The van der Waals surface area contributed by atoms with Gasteiger partial charge in [-0.15, -0.1) is 0 Å². The normalized spacial score (nSPS) is 22.8. The molecule has 0 radical (unpaired) electrons. The fourth-order valence-corrected chi connectivity index (χ4v) is 2.28. The van der Waals surface area contributed by atoms with Gasteiger partial charge in [-0.1, -0.05) is 6.92 Å². The molecule has 1 saturated heterocycles. The van der Waals surface area contributed by atoms with Crippen molar-refractivity contribution in [3.8, 4) is 5.88 Å². The molecule has 0 amide bonds. The second kappa shape index (κ2) is 5.42. The van der Waals surface area contributed by atoms with E-state index < -0.39 is 5.97 Å². The molecule has 0 aromatic carbocycles. The maximum atomic E-state index is 11.1. The highest BCUT2D eigenvalue weighted by molar-refractivity contribution is 5.72. The lowest BCUT2D eigenvalue weighted by atomic mass is 9.99. The smallest absolute Gasteiger partial charge is 0.308 e. The average Bonchev–Trinajstić information content (AvgIpc) is 2.71. The van der Waals surface area contributed by atoms with Crippen LogP contribution < -0.4 is 9.64 Å². The summed E-state index contributed by atoms with van der Waals surface area (Å²) in [5.41, 5.74) is 0. The first-order valence-electron chi connectivity index (χ1n) is 6.44. The molecule has 6 heteroatoms. The Balaban J connectivity index is 2.13. The number of aromatic nitrogens is 2. The van der Waals surface area contributed by atoms with E-state index in [1.165, 1.54) is 6.33 Å². The number of nitrogens with zero attached hydrogens (tertiary/aromatic N) is 3. The SMILES string of the molecule is CC(C)Oc1cc(N2C[C@@H](C)[C@H](C(=O)O)C2)ncn1. The fourth-order valence-electron chi connectivity index (χ4n) is 2.28. The number of carboxylic acids is 1. The molecule has 1 aromatic rings. The summed E-state index contributed by atoms with van der Waals surface area (Å²) in [7, 11) is 0. The summed E-state index contributed by atoms with van der Waals surface area (Å²) in [6, 6.07) is 1.76. The third kappa shape index (κ3) is 3.13. The van der Waals surface area contributed by atoms with E-state index in [1.807, 2.05) is 25.7 Å². The number of anilines is 1. The molecular weight excluding hydrogens is 246 g/mol. The summed E-state index contributed by atoms with van der Waals surface area (Å²) < 4.78 is 5.52. The van der Waals surface area contributed by atoms with Crippen LogP contribution in [0.5, 0.6) is 5.88 Å². The molecule has 0 saturated carbocycles. The van der Waals surface area contributed by atoms with Gasteiger partial charge >= 0.3 is 5.97 Å². The lowest BCUT2D eigenvalue weighted by Gasteiger charge is -2.17. The van der Waals surface area contributed by atoms with E-state index in [9.17, 15) is 4.79 Å². The Labute approximate surface area is 112 Å². The Morgan fingerprint density at radius 2 is 2.21 bits per heavy atom. The van der Waals surface area contributed by atoms with Gasteiger partial charge in [0.25, 0.3) is 0 Å². The van der Waals surface area contributed by atoms with Crippen LogP contribution in [0, 0.1) is 11.8 Å². The average molecular weight is 265 g/mol. The van der Waals surface area contributed by atoms with E-state index in [-0.39, 0.29) is 17.9 Å². The van der Waals surface area contributed by atoms with E-state index in [4.69, 9.17) is 9.84 Å². The number of ether oxygens (including phenoxy) is 1. The number of carbonyl (C=O) groups is 1. The minimum atomic E-state index is -0.747. The first-order chi connectivity index (χ1) is 8.97. The van der Waals surface area contributed by atoms with Crippen molar-refractivity contribution in [1.29, 1.82) is 0 Å². The zero-order valence-corrected chi connectivity index (χ0v) is 11.4. The van der Waals surface area contributed by atoms with E-state index in [1.54, 1.807) is 6.07 Å². The molecule has 0 bridgehead atoms. The molecule has 1 fully saturated rings. The summed E-state index contributed by atoms with van der Waals surface area (Å²) >= 11 is 0. The zero-order valence-electron chi connectivity index (χ0n) is 11.4. The molecule has 0 aliphatic carbocycles. The van der Waals surface area contributed by atoms with Gasteiger partial charge in [-0.05, 0) is 19.8 Å². The quantitative estimate of drug-likeness (QED) is 0.887. The van der Waals surface area contributed by atoms with Gasteiger partial charge in [-0.2, -0.15) is 0 Å². The Bertz CT molecular complexity index is 464. The molecule has 2 atom stereocenters. The van der Waals surface area contributed by atoms with Crippen LogP contribution >= 0.6 is 0 Å². The first kappa shape index (κ1) is 13.6. The van der Waals surface area contributed by atoms with Crippen LogP contribution in [-0.2, 0) is 4.79 Å². The largest absolute Gasteiger partial charge is 0.481 e. The van der Waals surface area contributed by atoms with Crippen molar-refractivity contribution in [2.45, 2.75) is 26.9 Å². The van der Waals surface area contributed by atoms with Crippen LogP contribution in [0.1, 0.15) is 20.8 Å². The highest BCUT2D eigenvalue weighted by Crippen LogP contribution is 2.28. The van der Waals surface area contributed by atoms with Gasteiger partial charge in [-0.25, -0.2) is 9.97 Å².